The Bertz CT molecular complexity index is 470. The van der Waals surface area contributed by atoms with Gasteiger partial charge in [-0.15, -0.1) is 0 Å². The molecule has 1 aromatic carbocycles. The highest BCUT2D eigenvalue weighted by Gasteiger charge is 2.19. The number of nitrogens with one attached hydrogen (secondary N) is 1. The predicted molar refractivity (Wildman–Crippen MR) is 79.1 cm³/mol. The number of nitrogens with zero attached hydrogens (tertiary/aromatic N) is 1. The van der Waals surface area contributed by atoms with Crippen LogP contribution in [0.15, 0.2) is 18.2 Å². The Morgan fingerprint density at radius 3 is 2.55 bits per heavy atom. The number of alkyl halides is 1. The third-order valence-corrected chi connectivity index (χ3v) is 2.46. The average Bonchev–Trinajstić information content (AvgIpc) is 2.40. The summed E-state index contributed by atoms with van der Waals surface area (Å²) in [5.41, 5.74) is -0.190. The van der Waals surface area contributed by atoms with Gasteiger partial charge in [0.1, 0.15) is 5.82 Å². The van der Waals surface area contributed by atoms with Crippen molar-refractivity contribution in [3.8, 4) is 0 Å². The Balaban J connectivity index is 0.00000172. The standard InChI is InChI=1S/C11H12F2N2O2S.C2H6/c1-7(18)14-11(4-5-12)9-6-8(15(16)17)2-3-10(9)13;1-2/h2-3,6,11H,4-5H2,1H3,(H,14,18);1-2H3. The SMILES string of the molecule is CC.CC(=S)NC(CCF)c1cc([N+](=O)[O-])ccc1F. The quantitative estimate of drug-likeness (QED) is 0.505. The van der Waals surface area contributed by atoms with Crippen LogP contribution in [0.5, 0.6) is 0 Å². The van der Waals surface area contributed by atoms with Crippen LogP contribution in [0.2, 0.25) is 0 Å². The van der Waals surface area contributed by atoms with Gasteiger partial charge in [0.15, 0.2) is 0 Å². The van der Waals surface area contributed by atoms with Crippen LogP contribution >= 0.6 is 12.2 Å². The zero-order valence-electron chi connectivity index (χ0n) is 11.7. The number of non-ortho nitro benzene ring substituents is 1. The Kier molecular flexibility index (Phi) is 8.54. The third-order valence-electron chi connectivity index (χ3n) is 2.34. The summed E-state index contributed by atoms with van der Waals surface area (Å²) in [6, 6.07) is 2.46. The van der Waals surface area contributed by atoms with Crippen molar-refractivity contribution in [1.82, 2.24) is 5.32 Å². The maximum atomic E-state index is 13.6. The summed E-state index contributed by atoms with van der Waals surface area (Å²) in [7, 11) is 0. The first kappa shape index (κ1) is 18.4. The number of nitro benzene ring substituents is 1. The summed E-state index contributed by atoms with van der Waals surface area (Å²) in [4.78, 5) is 10.4. The van der Waals surface area contributed by atoms with Crippen molar-refractivity contribution in [2.75, 3.05) is 6.67 Å². The lowest BCUT2D eigenvalue weighted by Gasteiger charge is -2.18. The summed E-state index contributed by atoms with van der Waals surface area (Å²) in [5, 5.41) is 13.4. The molecule has 20 heavy (non-hydrogen) atoms. The average molecular weight is 304 g/mol. The molecule has 4 nitrogen and oxygen atoms in total. The van der Waals surface area contributed by atoms with Crippen LogP contribution in [0.3, 0.4) is 0 Å². The van der Waals surface area contributed by atoms with Crippen molar-refractivity contribution in [3.05, 3.63) is 39.7 Å². The summed E-state index contributed by atoms with van der Waals surface area (Å²) in [5.74, 6) is -0.622. The normalized spacial score (nSPS) is 11.1. The van der Waals surface area contributed by atoms with Gasteiger partial charge in [0.05, 0.1) is 22.6 Å². The predicted octanol–water partition coefficient (Wildman–Crippen LogP) is 4.10. The Hall–Kier alpha value is -1.63. The van der Waals surface area contributed by atoms with Gasteiger partial charge in [0.2, 0.25) is 0 Å². The van der Waals surface area contributed by atoms with Gasteiger partial charge in [0, 0.05) is 24.1 Å². The highest BCUT2D eigenvalue weighted by molar-refractivity contribution is 7.80. The molecular weight excluding hydrogens is 286 g/mol. The number of halogens is 2. The van der Waals surface area contributed by atoms with Crippen LogP contribution in [0.4, 0.5) is 14.5 Å². The molecule has 0 aromatic heterocycles. The second-order valence-electron chi connectivity index (χ2n) is 3.69. The van der Waals surface area contributed by atoms with Crippen LogP contribution in [-0.2, 0) is 0 Å². The van der Waals surface area contributed by atoms with Crippen molar-refractivity contribution in [2.24, 2.45) is 0 Å². The summed E-state index contributed by atoms with van der Waals surface area (Å²) in [6.45, 7) is 4.90. The van der Waals surface area contributed by atoms with Crippen LogP contribution in [-0.4, -0.2) is 16.6 Å². The number of thiocarbonyl (C=S) groups is 1. The van der Waals surface area contributed by atoms with Gasteiger partial charge in [-0.2, -0.15) is 0 Å². The van der Waals surface area contributed by atoms with Crippen molar-refractivity contribution < 1.29 is 13.7 Å². The topological polar surface area (TPSA) is 55.2 Å². The molecule has 1 rings (SSSR count). The molecule has 112 valence electrons. The van der Waals surface area contributed by atoms with Gasteiger partial charge in [-0.05, 0) is 13.0 Å². The Morgan fingerprint density at radius 1 is 1.50 bits per heavy atom. The molecule has 0 aliphatic heterocycles. The molecule has 0 saturated carbocycles. The monoisotopic (exact) mass is 304 g/mol. The smallest absolute Gasteiger partial charge is 0.269 e. The van der Waals surface area contributed by atoms with E-state index in [9.17, 15) is 18.9 Å². The molecule has 1 atom stereocenters. The number of hydrogen-bond donors (Lipinski definition) is 1. The Morgan fingerprint density at radius 2 is 2.10 bits per heavy atom. The fourth-order valence-corrected chi connectivity index (χ4v) is 1.71. The van der Waals surface area contributed by atoms with Gasteiger partial charge >= 0.3 is 0 Å². The van der Waals surface area contributed by atoms with Crippen LogP contribution in [0.25, 0.3) is 0 Å². The van der Waals surface area contributed by atoms with Gasteiger partial charge < -0.3 is 5.32 Å². The van der Waals surface area contributed by atoms with Gasteiger partial charge in [-0.1, -0.05) is 26.1 Å². The number of hydrogen-bond acceptors (Lipinski definition) is 3. The fourth-order valence-electron chi connectivity index (χ4n) is 1.57. The minimum Gasteiger partial charge on any atom is -0.373 e. The van der Waals surface area contributed by atoms with Crippen molar-refractivity contribution in [1.29, 1.82) is 0 Å². The molecular formula is C13H18F2N2O2S. The molecule has 0 aliphatic carbocycles. The van der Waals surface area contributed by atoms with E-state index in [2.05, 4.69) is 5.32 Å². The molecule has 1 N–H and O–H groups in total. The van der Waals surface area contributed by atoms with E-state index in [0.717, 1.165) is 18.2 Å². The number of rotatable bonds is 5. The lowest BCUT2D eigenvalue weighted by atomic mass is 10.0. The maximum Gasteiger partial charge on any atom is 0.269 e. The number of benzene rings is 1. The molecule has 0 saturated heterocycles. The summed E-state index contributed by atoms with van der Waals surface area (Å²) < 4.78 is 26.1. The van der Waals surface area contributed by atoms with Gasteiger partial charge in [0.25, 0.3) is 5.69 Å². The largest absolute Gasteiger partial charge is 0.373 e. The minimum atomic E-state index is -0.701. The fraction of sp³-hybridized carbons (Fsp3) is 0.462. The van der Waals surface area contributed by atoms with Crippen molar-refractivity contribution in [3.63, 3.8) is 0 Å². The molecule has 0 fully saturated rings. The first-order valence-electron chi connectivity index (χ1n) is 6.22. The summed E-state index contributed by atoms with van der Waals surface area (Å²) >= 11 is 4.82. The van der Waals surface area contributed by atoms with E-state index >= 15 is 0 Å². The van der Waals surface area contributed by atoms with Gasteiger partial charge in [-0.3, -0.25) is 14.5 Å². The zero-order chi connectivity index (χ0) is 15.7. The maximum absolute atomic E-state index is 13.6. The van der Waals surface area contributed by atoms with E-state index in [1.165, 1.54) is 0 Å². The van der Waals surface area contributed by atoms with Crippen LogP contribution < -0.4 is 5.32 Å². The van der Waals surface area contributed by atoms with Crippen LogP contribution in [0, 0.1) is 15.9 Å². The molecule has 0 amide bonds. The highest BCUT2D eigenvalue weighted by atomic mass is 32.1. The first-order chi connectivity index (χ1) is 9.45. The van der Waals surface area contributed by atoms with E-state index in [1.54, 1.807) is 6.92 Å². The van der Waals surface area contributed by atoms with Crippen molar-refractivity contribution in [2.45, 2.75) is 33.2 Å². The lowest BCUT2D eigenvalue weighted by molar-refractivity contribution is -0.385. The van der Waals surface area contributed by atoms with E-state index < -0.39 is 23.5 Å². The second kappa shape index (κ2) is 9.30. The second-order valence-corrected chi connectivity index (χ2v) is 4.31. The number of nitro groups is 1. The van der Waals surface area contributed by atoms with Crippen molar-refractivity contribution >= 4 is 22.9 Å². The minimum absolute atomic E-state index is 0.00787. The first-order valence-corrected chi connectivity index (χ1v) is 6.63. The van der Waals surface area contributed by atoms with Gasteiger partial charge in [-0.25, -0.2) is 4.39 Å². The lowest BCUT2D eigenvalue weighted by Crippen LogP contribution is -2.26. The van der Waals surface area contributed by atoms with Crippen LogP contribution in [0.1, 0.15) is 38.8 Å². The van der Waals surface area contributed by atoms with E-state index in [0.29, 0.717) is 4.99 Å². The highest BCUT2D eigenvalue weighted by Crippen LogP contribution is 2.25. The molecule has 0 radical (unpaired) electrons. The molecule has 0 heterocycles. The molecule has 1 aromatic rings. The molecule has 7 heteroatoms. The third kappa shape index (κ3) is 5.56. The molecule has 0 spiro atoms. The molecule has 0 aliphatic rings. The molecule has 1 unspecified atom stereocenters. The Labute approximate surface area is 122 Å². The molecule has 0 bridgehead atoms. The van der Waals surface area contributed by atoms with E-state index in [-0.39, 0.29) is 17.7 Å². The zero-order valence-corrected chi connectivity index (χ0v) is 12.5. The van der Waals surface area contributed by atoms with E-state index in [1.807, 2.05) is 13.8 Å². The van der Waals surface area contributed by atoms with E-state index in [4.69, 9.17) is 12.2 Å². The summed E-state index contributed by atoms with van der Waals surface area (Å²) in [6.07, 6.45) is -0.00787.